The van der Waals surface area contributed by atoms with E-state index in [1.807, 2.05) is 42.1 Å². The highest BCUT2D eigenvalue weighted by Crippen LogP contribution is 2.34. The van der Waals surface area contributed by atoms with E-state index >= 15 is 0 Å². The number of carbonyl (C=O) groups excluding carboxylic acids is 2. The smallest absolute Gasteiger partial charge is 0.232 e. The van der Waals surface area contributed by atoms with Gasteiger partial charge in [-0.15, -0.1) is 0 Å². The fourth-order valence-corrected chi connectivity index (χ4v) is 3.57. The van der Waals surface area contributed by atoms with E-state index in [0.717, 1.165) is 18.7 Å². The first kappa shape index (κ1) is 16.0. The van der Waals surface area contributed by atoms with Crippen LogP contribution in [0.25, 0.3) is 0 Å². The van der Waals surface area contributed by atoms with Crippen LogP contribution in [-0.2, 0) is 16.0 Å². The SMILES string of the molecule is CC1Cc2ccccc2N1C(=O)C1CC(=O)N(CCN(C)C)C1. The number of fused-ring (bicyclic) bond motifs is 1. The molecule has 1 saturated heterocycles. The van der Waals surface area contributed by atoms with E-state index in [-0.39, 0.29) is 23.8 Å². The fraction of sp³-hybridized carbons (Fsp3) is 0.556. The molecule has 0 bridgehead atoms. The van der Waals surface area contributed by atoms with Crippen molar-refractivity contribution in [3.05, 3.63) is 29.8 Å². The lowest BCUT2D eigenvalue weighted by molar-refractivity contribution is -0.128. The Bertz CT molecular complexity index is 614. The Labute approximate surface area is 137 Å². The molecule has 0 spiro atoms. The first-order valence-electron chi connectivity index (χ1n) is 8.31. The molecule has 1 aromatic rings. The molecule has 1 aromatic carbocycles. The fourth-order valence-electron chi connectivity index (χ4n) is 3.57. The van der Waals surface area contributed by atoms with E-state index in [4.69, 9.17) is 0 Å². The average Bonchev–Trinajstić information content (AvgIpc) is 3.03. The number of hydrogen-bond donors (Lipinski definition) is 0. The maximum absolute atomic E-state index is 13.0. The Kier molecular flexibility index (Phi) is 4.39. The second kappa shape index (κ2) is 6.32. The second-order valence-corrected chi connectivity index (χ2v) is 6.93. The standard InChI is InChI=1S/C18H25N3O2/c1-13-10-14-6-4-5-7-16(14)21(13)18(23)15-11-17(22)20(12-15)9-8-19(2)3/h4-7,13,15H,8-12H2,1-3H3. The van der Waals surface area contributed by atoms with Crippen LogP contribution < -0.4 is 4.90 Å². The average molecular weight is 315 g/mol. The molecule has 2 atom stereocenters. The Morgan fingerprint density at radius 2 is 2.00 bits per heavy atom. The van der Waals surface area contributed by atoms with Crippen molar-refractivity contribution in [2.45, 2.75) is 25.8 Å². The molecule has 124 valence electrons. The summed E-state index contributed by atoms with van der Waals surface area (Å²) in [5.74, 6) is -0.00763. The predicted octanol–water partition coefficient (Wildman–Crippen LogP) is 1.37. The summed E-state index contributed by atoms with van der Waals surface area (Å²) in [5.41, 5.74) is 2.24. The maximum atomic E-state index is 13.0. The highest BCUT2D eigenvalue weighted by atomic mass is 16.2. The van der Waals surface area contributed by atoms with Gasteiger partial charge in [0.25, 0.3) is 0 Å². The lowest BCUT2D eigenvalue weighted by atomic mass is 10.1. The van der Waals surface area contributed by atoms with Crippen LogP contribution in [0.4, 0.5) is 5.69 Å². The van der Waals surface area contributed by atoms with Gasteiger partial charge in [0.2, 0.25) is 11.8 Å². The molecule has 0 aliphatic carbocycles. The topological polar surface area (TPSA) is 43.9 Å². The molecular formula is C18H25N3O2. The van der Waals surface area contributed by atoms with Crippen LogP contribution in [0.2, 0.25) is 0 Å². The van der Waals surface area contributed by atoms with Crippen LogP contribution in [0.15, 0.2) is 24.3 Å². The summed E-state index contributed by atoms with van der Waals surface area (Å²) in [4.78, 5) is 31.0. The summed E-state index contributed by atoms with van der Waals surface area (Å²) in [6.45, 7) is 4.16. The zero-order valence-corrected chi connectivity index (χ0v) is 14.2. The molecule has 1 fully saturated rings. The minimum atomic E-state index is -0.210. The summed E-state index contributed by atoms with van der Waals surface area (Å²) in [7, 11) is 3.98. The third-order valence-corrected chi connectivity index (χ3v) is 4.83. The molecule has 2 aliphatic heterocycles. The maximum Gasteiger partial charge on any atom is 0.232 e. The molecule has 3 rings (SSSR count). The minimum absolute atomic E-state index is 0.100. The van der Waals surface area contributed by atoms with Crippen molar-refractivity contribution in [1.29, 1.82) is 0 Å². The normalized spacial score (nSPS) is 23.7. The number of benzene rings is 1. The quantitative estimate of drug-likeness (QED) is 0.843. The van der Waals surface area contributed by atoms with Crippen LogP contribution in [-0.4, -0.2) is 61.4 Å². The zero-order valence-electron chi connectivity index (χ0n) is 14.2. The summed E-state index contributed by atoms with van der Waals surface area (Å²) in [5, 5.41) is 0. The van der Waals surface area contributed by atoms with E-state index in [1.165, 1.54) is 5.56 Å². The Balaban J connectivity index is 1.71. The van der Waals surface area contributed by atoms with Crippen LogP contribution >= 0.6 is 0 Å². The largest absolute Gasteiger partial charge is 0.341 e. The van der Waals surface area contributed by atoms with Gasteiger partial charge in [0, 0.05) is 37.8 Å². The molecular weight excluding hydrogens is 290 g/mol. The molecule has 0 N–H and O–H groups in total. The molecule has 5 heteroatoms. The van der Waals surface area contributed by atoms with Gasteiger partial charge in [-0.1, -0.05) is 18.2 Å². The lowest BCUT2D eigenvalue weighted by Crippen LogP contribution is -2.41. The third-order valence-electron chi connectivity index (χ3n) is 4.83. The molecule has 2 unspecified atom stereocenters. The van der Waals surface area contributed by atoms with E-state index in [9.17, 15) is 9.59 Å². The van der Waals surface area contributed by atoms with Crippen molar-refractivity contribution in [3.63, 3.8) is 0 Å². The van der Waals surface area contributed by atoms with E-state index in [0.29, 0.717) is 19.5 Å². The van der Waals surface area contributed by atoms with Crippen molar-refractivity contribution in [2.24, 2.45) is 5.92 Å². The summed E-state index contributed by atoms with van der Waals surface area (Å²) < 4.78 is 0. The molecule has 0 aromatic heterocycles. The lowest BCUT2D eigenvalue weighted by Gasteiger charge is -2.26. The molecule has 2 aliphatic rings. The number of carbonyl (C=O) groups is 2. The number of rotatable bonds is 4. The van der Waals surface area contributed by atoms with Crippen molar-refractivity contribution < 1.29 is 9.59 Å². The first-order valence-corrected chi connectivity index (χ1v) is 8.31. The molecule has 0 saturated carbocycles. The van der Waals surface area contributed by atoms with Crippen molar-refractivity contribution in [1.82, 2.24) is 9.80 Å². The number of hydrogen-bond acceptors (Lipinski definition) is 3. The van der Waals surface area contributed by atoms with Crippen molar-refractivity contribution >= 4 is 17.5 Å². The number of amides is 2. The van der Waals surface area contributed by atoms with Gasteiger partial charge in [-0.25, -0.2) is 0 Å². The third kappa shape index (κ3) is 3.11. The number of para-hydroxylation sites is 1. The van der Waals surface area contributed by atoms with Crippen LogP contribution in [0.1, 0.15) is 18.9 Å². The second-order valence-electron chi connectivity index (χ2n) is 6.93. The number of likely N-dealkylation sites (N-methyl/N-ethyl adjacent to an activating group) is 1. The van der Waals surface area contributed by atoms with Gasteiger partial charge < -0.3 is 14.7 Å². The molecule has 2 amide bonds. The number of nitrogens with zero attached hydrogens (tertiary/aromatic N) is 3. The Morgan fingerprint density at radius 1 is 1.26 bits per heavy atom. The van der Waals surface area contributed by atoms with Crippen LogP contribution in [0.3, 0.4) is 0 Å². The minimum Gasteiger partial charge on any atom is -0.341 e. The van der Waals surface area contributed by atoms with E-state index in [2.05, 4.69) is 17.9 Å². The Hall–Kier alpha value is -1.88. The van der Waals surface area contributed by atoms with Crippen LogP contribution in [0.5, 0.6) is 0 Å². The summed E-state index contributed by atoms with van der Waals surface area (Å²) >= 11 is 0. The monoisotopic (exact) mass is 315 g/mol. The van der Waals surface area contributed by atoms with E-state index in [1.54, 1.807) is 0 Å². The van der Waals surface area contributed by atoms with E-state index < -0.39 is 0 Å². The Morgan fingerprint density at radius 3 is 2.74 bits per heavy atom. The van der Waals surface area contributed by atoms with Gasteiger partial charge in [0.1, 0.15) is 0 Å². The van der Waals surface area contributed by atoms with Gasteiger partial charge in [-0.2, -0.15) is 0 Å². The van der Waals surface area contributed by atoms with Gasteiger partial charge in [0.15, 0.2) is 0 Å². The van der Waals surface area contributed by atoms with Gasteiger partial charge in [-0.05, 0) is 39.1 Å². The molecule has 2 heterocycles. The summed E-state index contributed by atoms with van der Waals surface area (Å²) in [6, 6.07) is 8.26. The molecule has 5 nitrogen and oxygen atoms in total. The predicted molar refractivity (Wildman–Crippen MR) is 90.3 cm³/mol. The van der Waals surface area contributed by atoms with Gasteiger partial charge >= 0.3 is 0 Å². The highest BCUT2D eigenvalue weighted by molar-refractivity contribution is 6.01. The van der Waals surface area contributed by atoms with Crippen molar-refractivity contribution in [2.75, 3.05) is 38.6 Å². The van der Waals surface area contributed by atoms with Gasteiger partial charge in [-0.3, -0.25) is 9.59 Å². The first-order chi connectivity index (χ1) is 11.0. The number of anilines is 1. The number of likely N-dealkylation sites (tertiary alicyclic amines) is 1. The molecule has 0 radical (unpaired) electrons. The van der Waals surface area contributed by atoms with Gasteiger partial charge in [0.05, 0.1) is 5.92 Å². The molecule has 23 heavy (non-hydrogen) atoms. The summed E-state index contributed by atoms with van der Waals surface area (Å²) in [6.07, 6.45) is 1.24. The zero-order chi connectivity index (χ0) is 16.6. The van der Waals surface area contributed by atoms with Crippen molar-refractivity contribution in [3.8, 4) is 0 Å². The highest BCUT2D eigenvalue weighted by Gasteiger charge is 2.40. The van der Waals surface area contributed by atoms with Crippen LogP contribution in [0, 0.1) is 5.92 Å².